The molecular weight excluding hydrogens is 402 g/mol. The van der Waals surface area contributed by atoms with E-state index in [1.807, 2.05) is 13.0 Å². The zero-order valence-corrected chi connectivity index (χ0v) is 17.5. The Morgan fingerprint density at radius 3 is 2.83 bits per heavy atom. The monoisotopic (exact) mass is 425 g/mol. The van der Waals surface area contributed by atoms with E-state index in [0.717, 1.165) is 12.0 Å². The molecule has 0 spiro atoms. The summed E-state index contributed by atoms with van der Waals surface area (Å²) in [7, 11) is 0. The summed E-state index contributed by atoms with van der Waals surface area (Å²) in [4.78, 5) is 32.7. The van der Waals surface area contributed by atoms with E-state index in [-0.39, 0.29) is 17.2 Å². The number of rotatable bonds is 9. The Balaban J connectivity index is 1.84. The van der Waals surface area contributed by atoms with Crippen molar-refractivity contribution in [2.24, 2.45) is 0 Å². The van der Waals surface area contributed by atoms with Gasteiger partial charge in [-0.15, -0.1) is 0 Å². The van der Waals surface area contributed by atoms with E-state index in [1.165, 1.54) is 28.5 Å². The molecule has 1 amide bonds. The van der Waals surface area contributed by atoms with Crippen LogP contribution in [-0.4, -0.2) is 37.8 Å². The summed E-state index contributed by atoms with van der Waals surface area (Å²) in [5.41, 5.74) is 2.48. The first-order valence-electron chi connectivity index (χ1n) is 9.74. The lowest BCUT2D eigenvalue weighted by atomic mass is 10.2. The normalized spacial score (nSPS) is 10.8. The third kappa shape index (κ3) is 4.83. The standard InChI is InChI=1S/C21H23N5O3S/c1-2-14-13-24-19-18(14)25-21(30-12-3-5-17(28)23-11-4-10-22)26(20(19)29)15-6-8-16(27)9-7-15/h6-9,13,24,27H,2-5,11-12H2,1H3,(H,23,28). The van der Waals surface area contributed by atoms with Crippen molar-refractivity contribution in [2.45, 2.75) is 37.8 Å². The van der Waals surface area contributed by atoms with Gasteiger partial charge in [0.2, 0.25) is 5.91 Å². The molecule has 0 saturated carbocycles. The Bertz CT molecular complexity index is 1130. The minimum absolute atomic E-state index is 0.0934. The first-order valence-corrected chi connectivity index (χ1v) is 10.7. The van der Waals surface area contributed by atoms with Gasteiger partial charge in [-0.05, 0) is 42.7 Å². The molecule has 0 atom stereocenters. The van der Waals surface area contributed by atoms with Gasteiger partial charge < -0.3 is 15.4 Å². The number of thioether (sulfide) groups is 1. The molecule has 0 radical (unpaired) electrons. The van der Waals surface area contributed by atoms with E-state index in [1.54, 1.807) is 18.3 Å². The number of carbonyl (C=O) groups is 1. The third-order valence-corrected chi connectivity index (χ3v) is 5.60. The number of H-pyrrole nitrogens is 1. The second-order valence-electron chi connectivity index (χ2n) is 6.65. The highest BCUT2D eigenvalue weighted by molar-refractivity contribution is 7.99. The van der Waals surface area contributed by atoms with Crippen LogP contribution in [0.2, 0.25) is 0 Å². The molecule has 1 aromatic carbocycles. The van der Waals surface area contributed by atoms with Gasteiger partial charge in [0, 0.05) is 24.9 Å². The van der Waals surface area contributed by atoms with Crippen LogP contribution in [0.5, 0.6) is 5.75 Å². The maximum Gasteiger partial charge on any atom is 0.283 e. The molecule has 3 rings (SSSR count). The molecule has 156 valence electrons. The van der Waals surface area contributed by atoms with Crippen LogP contribution < -0.4 is 10.9 Å². The summed E-state index contributed by atoms with van der Waals surface area (Å²) >= 11 is 1.41. The van der Waals surface area contributed by atoms with Gasteiger partial charge in [-0.3, -0.25) is 14.2 Å². The molecule has 0 fully saturated rings. The summed E-state index contributed by atoms with van der Waals surface area (Å²) in [5.74, 6) is 0.628. The summed E-state index contributed by atoms with van der Waals surface area (Å²) in [6, 6.07) is 8.37. The number of amides is 1. The van der Waals surface area contributed by atoms with Gasteiger partial charge in [0.15, 0.2) is 5.16 Å². The molecular formula is C21H23N5O3S. The molecule has 8 nitrogen and oxygen atoms in total. The van der Waals surface area contributed by atoms with Crippen LogP contribution in [0.3, 0.4) is 0 Å². The molecule has 0 aliphatic heterocycles. The van der Waals surface area contributed by atoms with Crippen LogP contribution in [0.15, 0.2) is 40.4 Å². The summed E-state index contributed by atoms with van der Waals surface area (Å²) in [5, 5.41) is 21.3. The molecule has 30 heavy (non-hydrogen) atoms. The number of nitrogens with zero attached hydrogens (tertiary/aromatic N) is 3. The van der Waals surface area contributed by atoms with Gasteiger partial charge in [0.25, 0.3) is 5.56 Å². The quantitative estimate of drug-likeness (QED) is 0.275. The number of fused-ring (bicyclic) bond motifs is 1. The summed E-state index contributed by atoms with van der Waals surface area (Å²) < 4.78 is 1.52. The molecule has 3 aromatic rings. The van der Waals surface area contributed by atoms with Gasteiger partial charge in [0.05, 0.1) is 23.7 Å². The average Bonchev–Trinajstić information content (AvgIpc) is 3.16. The van der Waals surface area contributed by atoms with Crippen LogP contribution >= 0.6 is 11.8 Å². The fourth-order valence-corrected chi connectivity index (χ4v) is 3.97. The predicted molar refractivity (Wildman–Crippen MR) is 116 cm³/mol. The van der Waals surface area contributed by atoms with Crippen LogP contribution in [0.25, 0.3) is 16.7 Å². The number of carbonyl (C=O) groups excluding carboxylic acids is 1. The molecule has 0 saturated heterocycles. The van der Waals surface area contributed by atoms with Crippen LogP contribution in [0.1, 0.15) is 31.7 Å². The maximum absolute atomic E-state index is 13.2. The Kier molecular flexibility index (Phi) is 7.14. The predicted octanol–water partition coefficient (Wildman–Crippen LogP) is 2.88. The fraction of sp³-hybridized carbons (Fsp3) is 0.333. The highest BCUT2D eigenvalue weighted by atomic mass is 32.2. The first-order chi connectivity index (χ1) is 14.5. The van der Waals surface area contributed by atoms with E-state index >= 15 is 0 Å². The molecule has 9 heteroatoms. The number of hydrogen-bond donors (Lipinski definition) is 3. The van der Waals surface area contributed by atoms with Gasteiger partial charge in [-0.2, -0.15) is 5.26 Å². The van der Waals surface area contributed by atoms with E-state index in [9.17, 15) is 14.7 Å². The average molecular weight is 426 g/mol. The van der Waals surface area contributed by atoms with E-state index < -0.39 is 0 Å². The van der Waals surface area contributed by atoms with Crippen molar-refractivity contribution in [1.29, 1.82) is 5.26 Å². The second kappa shape index (κ2) is 9.98. The van der Waals surface area contributed by atoms with E-state index in [2.05, 4.69) is 10.3 Å². The maximum atomic E-state index is 13.2. The summed E-state index contributed by atoms with van der Waals surface area (Å²) in [6.07, 6.45) is 3.80. The van der Waals surface area contributed by atoms with Crippen molar-refractivity contribution in [3.05, 3.63) is 46.4 Å². The highest BCUT2D eigenvalue weighted by Crippen LogP contribution is 2.24. The molecule has 2 aromatic heterocycles. The van der Waals surface area contributed by atoms with Crippen LogP contribution in [-0.2, 0) is 11.2 Å². The van der Waals surface area contributed by atoms with Gasteiger partial charge in [-0.1, -0.05) is 18.7 Å². The number of aromatic hydroxyl groups is 1. The number of benzene rings is 1. The van der Waals surface area contributed by atoms with Crippen molar-refractivity contribution in [2.75, 3.05) is 12.3 Å². The minimum atomic E-state index is -0.206. The van der Waals surface area contributed by atoms with Crippen molar-refractivity contribution in [3.8, 4) is 17.5 Å². The zero-order valence-electron chi connectivity index (χ0n) is 16.6. The molecule has 2 heterocycles. The topological polar surface area (TPSA) is 124 Å². The third-order valence-electron chi connectivity index (χ3n) is 4.57. The lowest BCUT2D eigenvalue weighted by molar-refractivity contribution is -0.121. The smallest absolute Gasteiger partial charge is 0.283 e. The van der Waals surface area contributed by atoms with Gasteiger partial charge in [0.1, 0.15) is 11.3 Å². The molecule has 3 N–H and O–H groups in total. The minimum Gasteiger partial charge on any atom is -0.508 e. The van der Waals surface area contributed by atoms with Gasteiger partial charge >= 0.3 is 0 Å². The highest BCUT2D eigenvalue weighted by Gasteiger charge is 2.16. The second-order valence-corrected chi connectivity index (χ2v) is 7.71. The number of phenolic OH excluding ortho intramolecular Hbond substituents is 1. The Morgan fingerprint density at radius 2 is 2.13 bits per heavy atom. The van der Waals surface area contributed by atoms with Crippen molar-refractivity contribution < 1.29 is 9.90 Å². The van der Waals surface area contributed by atoms with Gasteiger partial charge in [-0.25, -0.2) is 4.98 Å². The number of aromatic nitrogens is 3. The Morgan fingerprint density at radius 1 is 1.37 bits per heavy atom. The number of aromatic amines is 1. The number of nitrogens with one attached hydrogen (secondary N) is 2. The van der Waals surface area contributed by atoms with Crippen molar-refractivity contribution >= 4 is 28.7 Å². The lowest BCUT2D eigenvalue weighted by Gasteiger charge is -2.12. The van der Waals surface area contributed by atoms with E-state index in [4.69, 9.17) is 10.2 Å². The number of phenols is 1. The van der Waals surface area contributed by atoms with E-state index in [0.29, 0.717) is 53.4 Å². The fourth-order valence-electron chi connectivity index (χ4n) is 3.03. The number of aryl methyl sites for hydroxylation is 1. The molecule has 0 aliphatic carbocycles. The first kappa shape index (κ1) is 21.5. The zero-order chi connectivity index (χ0) is 21.5. The SMILES string of the molecule is CCc1c[nH]c2c(=O)n(-c3ccc(O)cc3)c(SCCCC(=O)NCCC#N)nc12. The lowest BCUT2D eigenvalue weighted by Crippen LogP contribution is -2.24. The van der Waals surface area contributed by atoms with Crippen molar-refractivity contribution in [1.82, 2.24) is 19.9 Å². The van der Waals surface area contributed by atoms with Crippen LogP contribution in [0, 0.1) is 11.3 Å². The number of nitriles is 1. The largest absolute Gasteiger partial charge is 0.508 e. The molecule has 0 aliphatic rings. The van der Waals surface area contributed by atoms with Crippen LogP contribution in [0.4, 0.5) is 0 Å². The number of hydrogen-bond acceptors (Lipinski definition) is 6. The van der Waals surface area contributed by atoms with Crippen molar-refractivity contribution in [3.63, 3.8) is 0 Å². The Hall–Kier alpha value is -3.25. The Labute approximate surface area is 177 Å². The molecule has 0 unspecified atom stereocenters. The summed E-state index contributed by atoms with van der Waals surface area (Å²) in [6.45, 7) is 2.36. The molecule has 0 bridgehead atoms.